The Balaban J connectivity index is 1.34. The van der Waals surface area contributed by atoms with Crippen molar-refractivity contribution in [1.29, 1.82) is 0 Å². The second kappa shape index (κ2) is 8.40. The molecule has 1 spiro atoms. The van der Waals surface area contributed by atoms with Crippen LogP contribution < -0.4 is 0 Å². The summed E-state index contributed by atoms with van der Waals surface area (Å²) in [4.78, 5) is 0. The average molecular weight is 519 g/mol. The average Bonchev–Trinajstić information content (AvgIpc) is 3.52. The standard InChI is InChI=1S/C41H26/c1-2-12-27(13-3-1)29-24-25-30(32-15-5-4-14-31(29)32)28-22-23-36-35-18-8-11-21-39(35)41(40(36)26-28)37-19-9-6-16-33(37)34-17-7-10-20-38(34)41/h1-26H. The molecule has 0 radical (unpaired) electrons. The minimum atomic E-state index is -0.324. The van der Waals surface area contributed by atoms with Gasteiger partial charge in [0.1, 0.15) is 0 Å². The SMILES string of the molecule is c1ccc(-c2ccc(-c3ccc4c(c3)C3(c5ccccc5-c5ccccc53)c3ccccc3-4)c3ccccc23)cc1. The van der Waals surface area contributed by atoms with Crippen molar-refractivity contribution in [3.8, 4) is 44.5 Å². The van der Waals surface area contributed by atoms with E-state index < -0.39 is 0 Å². The Hall–Kier alpha value is -5.20. The lowest BCUT2D eigenvalue weighted by Crippen LogP contribution is -2.25. The van der Waals surface area contributed by atoms with E-state index in [1.54, 1.807) is 0 Å². The quantitative estimate of drug-likeness (QED) is 0.213. The van der Waals surface area contributed by atoms with E-state index >= 15 is 0 Å². The second-order valence-corrected chi connectivity index (χ2v) is 11.2. The van der Waals surface area contributed by atoms with Gasteiger partial charge in [0.05, 0.1) is 5.41 Å². The first-order valence-electron chi connectivity index (χ1n) is 14.4. The number of hydrogen-bond acceptors (Lipinski definition) is 0. The Labute approximate surface area is 240 Å². The fourth-order valence-electron chi connectivity index (χ4n) is 7.68. The molecule has 0 saturated carbocycles. The summed E-state index contributed by atoms with van der Waals surface area (Å²) in [5.74, 6) is 0. The van der Waals surface area contributed by atoms with Crippen LogP contribution in [0.25, 0.3) is 55.3 Å². The molecule has 7 aromatic rings. The van der Waals surface area contributed by atoms with Gasteiger partial charge in [0.15, 0.2) is 0 Å². The maximum absolute atomic E-state index is 2.48. The normalized spacial score (nSPS) is 13.6. The molecule has 0 saturated heterocycles. The Morgan fingerprint density at radius 1 is 0.268 bits per heavy atom. The van der Waals surface area contributed by atoms with E-state index in [-0.39, 0.29) is 5.41 Å². The lowest BCUT2D eigenvalue weighted by Gasteiger charge is -2.30. The number of rotatable bonds is 2. The van der Waals surface area contributed by atoms with Crippen molar-refractivity contribution >= 4 is 10.8 Å². The van der Waals surface area contributed by atoms with E-state index in [1.165, 1.54) is 77.5 Å². The summed E-state index contributed by atoms with van der Waals surface area (Å²) in [5.41, 5.74) is 15.6. The molecule has 2 aliphatic carbocycles. The third kappa shape index (κ3) is 2.94. The highest BCUT2D eigenvalue weighted by atomic mass is 14.5. The van der Waals surface area contributed by atoms with Crippen LogP contribution in [0.2, 0.25) is 0 Å². The number of benzene rings is 7. The van der Waals surface area contributed by atoms with Crippen LogP contribution in [0.4, 0.5) is 0 Å². The highest BCUT2D eigenvalue weighted by Crippen LogP contribution is 2.63. The highest BCUT2D eigenvalue weighted by Gasteiger charge is 2.51. The summed E-state index contributed by atoms with van der Waals surface area (Å²) < 4.78 is 0. The zero-order chi connectivity index (χ0) is 27.0. The van der Waals surface area contributed by atoms with Crippen LogP contribution in [0.3, 0.4) is 0 Å². The molecule has 0 nitrogen and oxygen atoms in total. The Bertz CT molecular complexity index is 2080. The molecule has 190 valence electrons. The van der Waals surface area contributed by atoms with Gasteiger partial charge in [0.25, 0.3) is 0 Å². The predicted molar refractivity (Wildman–Crippen MR) is 171 cm³/mol. The lowest BCUT2D eigenvalue weighted by molar-refractivity contribution is 0.794. The molecule has 9 rings (SSSR count). The van der Waals surface area contributed by atoms with Crippen molar-refractivity contribution in [3.05, 3.63) is 180 Å². The van der Waals surface area contributed by atoms with Gasteiger partial charge in [0.2, 0.25) is 0 Å². The first-order valence-corrected chi connectivity index (χ1v) is 14.4. The zero-order valence-electron chi connectivity index (χ0n) is 22.5. The van der Waals surface area contributed by atoms with E-state index in [4.69, 9.17) is 0 Å². The van der Waals surface area contributed by atoms with Crippen LogP contribution in [0.1, 0.15) is 22.3 Å². The summed E-state index contributed by atoms with van der Waals surface area (Å²) >= 11 is 0. The van der Waals surface area contributed by atoms with E-state index in [0.717, 1.165) is 0 Å². The molecule has 0 amide bonds. The van der Waals surface area contributed by atoms with Gasteiger partial charge in [0, 0.05) is 0 Å². The third-order valence-electron chi connectivity index (χ3n) is 9.32. The monoisotopic (exact) mass is 518 g/mol. The van der Waals surface area contributed by atoms with Crippen molar-refractivity contribution < 1.29 is 0 Å². The van der Waals surface area contributed by atoms with Gasteiger partial charge < -0.3 is 0 Å². The summed E-state index contributed by atoms with van der Waals surface area (Å²) in [6.45, 7) is 0. The van der Waals surface area contributed by atoms with Gasteiger partial charge >= 0.3 is 0 Å². The molecule has 0 unspecified atom stereocenters. The minimum absolute atomic E-state index is 0.324. The first kappa shape index (κ1) is 22.6. The van der Waals surface area contributed by atoms with Gasteiger partial charge in [-0.05, 0) is 83.6 Å². The minimum Gasteiger partial charge on any atom is -0.0622 e. The number of hydrogen-bond donors (Lipinski definition) is 0. The van der Waals surface area contributed by atoms with E-state index in [9.17, 15) is 0 Å². The van der Waals surface area contributed by atoms with Gasteiger partial charge in [-0.1, -0.05) is 152 Å². The van der Waals surface area contributed by atoms with Crippen LogP contribution in [-0.4, -0.2) is 0 Å². The van der Waals surface area contributed by atoms with E-state index in [2.05, 4.69) is 158 Å². The molecular formula is C41H26. The topological polar surface area (TPSA) is 0 Å². The fourth-order valence-corrected chi connectivity index (χ4v) is 7.68. The van der Waals surface area contributed by atoms with Crippen LogP contribution in [0, 0.1) is 0 Å². The van der Waals surface area contributed by atoms with Gasteiger partial charge in [-0.15, -0.1) is 0 Å². The Morgan fingerprint density at radius 3 is 1.24 bits per heavy atom. The largest absolute Gasteiger partial charge is 0.0725 e. The maximum Gasteiger partial charge on any atom is 0.0725 e. The van der Waals surface area contributed by atoms with Crippen molar-refractivity contribution in [3.63, 3.8) is 0 Å². The summed E-state index contributed by atoms with van der Waals surface area (Å²) in [6.07, 6.45) is 0. The molecule has 0 atom stereocenters. The maximum atomic E-state index is 2.48. The van der Waals surface area contributed by atoms with Crippen molar-refractivity contribution in [2.24, 2.45) is 0 Å². The van der Waals surface area contributed by atoms with E-state index in [0.29, 0.717) is 0 Å². The van der Waals surface area contributed by atoms with E-state index in [1.807, 2.05) is 0 Å². The Morgan fingerprint density at radius 2 is 0.683 bits per heavy atom. The van der Waals surface area contributed by atoms with Gasteiger partial charge in [-0.25, -0.2) is 0 Å². The highest BCUT2D eigenvalue weighted by molar-refractivity contribution is 6.05. The van der Waals surface area contributed by atoms with Crippen LogP contribution in [0.5, 0.6) is 0 Å². The summed E-state index contributed by atoms with van der Waals surface area (Å²) in [6, 6.07) is 58.4. The lowest BCUT2D eigenvalue weighted by atomic mass is 9.70. The number of fused-ring (bicyclic) bond motifs is 11. The smallest absolute Gasteiger partial charge is 0.0622 e. The third-order valence-corrected chi connectivity index (χ3v) is 9.32. The van der Waals surface area contributed by atoms with Crippen molar-refractivity contribution in [2.75, 3.05) is 0 Å². The van der Waals surface area contributed by atoms with Crippen molar-refractivity contribution in [1.82, 2.24) is 0 Å². The van der Waals surface area contributed by atoms with Crippen LogP contribution in [-0.2, 0) is 5.41 Å². The summed E-state index contributed by atoms with van der Waals surface area (Å²) in [7, 11) is 0. The zero-order valence-corrected chi connectivity index (χ0v) is 22.5. The molecule has 0 fully saturated rings. The molecule has 0 aromatic heterocycles. The molecule has 0 heteroatoms. The molecule has 0 bridgehead atoms. The van der Waals surface area contributed by atoms with Gasteiger partial charge in [-0.3, -0.25) is 0 Å². The molecule has 0 N–H and O–H groups in total. The van der Waals surface area contributed by atoms with Crippen LogP contribution >= 0.6 is 0 Å². The fraction of sp³-hybridized carbons (Fsp3) is 0.0244. The first-order chi connectivity index (χ1) is 20.4. The predicted octanol–water partition coefficient (Wildman–Crippen LogP) is 10.5. The molecular weight excluding hydrogens is 492 g/mol. The summed E-state index contributed by atoms with van der Waals surface area (Å²) in [5, 5.41) is 2.57. The molecule has 2 aliphatic rings. The Kier molecular flexibility index (Phi) is 4.63. The molecule has 0 heterocycles. The molecule has 41 heavy (non-hydrogen) atoms. The van der Waals surface area contributed by atoms with Gasteiger partial charge in [-0.2, -0.15) is 0 Å². The second-order valence-electron chi connectivity index (χ2n) is 11.2. The molecule has 7 aromatic carbocycles. The molecule has 0 aliphatic heterocycles. The van der Waals surface area contributed by atoms with Crippen molar-refractivity contribution in [2.45, 2.75) is 5.41 Å². The van der Waals surface area contributed by atoms with Crippen LogP contribution in [0.15, 0.2) is 158 Å².